The van der Waals surface area contributed by atoms with Crippen LogP contribution in [-0.2, 0) is 14.3 Å². The molecule has 1 aliphatic heterocycles. The molecule has 0 saturated heterocycles. The highest BCUT2D eigenvalue weighted by atomic mass is 16.6. The van der Waals surface area contributed by atoms with Crippen LogP contribution in [-0.4, -0.2) is 23.7 Å². The topological polar surface area (TPSA) is 55.8 Å². The van der Waals surface area contributed by atoms with Crippen LogP contribution in [0.25, 0.3) is 5.76 Å². The summed E-state index contributed by atoms with van der Waals surface area (Å²) in [5.74, 6) is 0.145. The molecule has 1 atom stereocenters. The Labute approximate surface area is 174 Å². The van der Waals surface area contributed by atoms with Crippen molar-refractivity contribution < 1.29 is 19.1 Å². The number of ether oxygens (including phenoxy) is 2. The quantitative estimate of drug-likeness (QED) is 0.454. The third-order valence-corrected chi connectivity index (χ3v) is 4.24. The zero-order chi connectivity index (χ0) is 21.8. The van der Waals surface area contributed by atoms with E-state index < -0.39 is 23.2 Å². The first kappa shape index (κ1) is 22.7. The van der Waals surface area contributed by atoms with Gasteiger partial charge in [-0.3, -0.25) is 9.69 Å². The van der Waals surface area contributed by atoms with Gasteiger partial charge < -0.3 is 9.47 Å². The van der Waals surface area contributed by atoms with Crippen molar-refractivity contribution in [3.05, 3.63) is 48.1 Å². The molecule has 2 rings (SSSR count). The fraction of sp³-hybridized carbons (Fsp3) is 0.500. The molecule has 0 bridgehead atoms. The first-order valence-corrected chi connectivity index (χ1v) is 10.2. The first-order chi connectivity index (χ1) is 13.4. The van der Waals surface area contributed by atoms with Crippen molar-refractivity contribution >= 4 is 23.5 Å². The number of allylic oxidation sites excluding steroid dienone is 1. The molecule has 0 saturated carbocycles. The molecule has 0 spiro atoms. The smallest absolute Gasteiger partial charge is 0.415 e. The van der Waals surface area contributed by atoms with E-state index in [4.69, 9.17) is 9.47 Å². The maximum Gasteiger partial charge on any atom is 0.415 e. The van der Waals surface area contributed by atoms with Gasteiger partial charge in [-0.05, 0) is 66.2 Å². The summed E-state index contributed by atoms with van der Waals surface area (Å²) in [6, 6.07) is 7.00. The average Bonchev–Trinajstić information content (AvgIpc) is 2.59. The minimum atomic E-state index is -0.633. The van der Waals surface area contributed by atoms with Crippen LogP contribution in [0.5, 0.6) is 0 Å². The SMILES string of the molecule is CCC/C=C/C1C=C(OC(=O)C(C)(C)C)c2ccccc2N1C(=O)OC(C)(C)C. The zero-order valence-electron chi connectivity index (χ0n) is 18.6. The maximum absolute atomic E-state index is 13.0. The van der Waals surface area contributed by atoms with Crippen molar-refractivity contribution in [2.75, 3.05) is 4.90 Å². The number of carbonyl (C=O) groups excluding carboxylic acids is 2. The molecule has 1 unspecified atom stereocenters. The normalized spacial score (nSPS) is 17.0. The van der Waals surface area contributed by atoms with Crippen molar-refractivity contribution in [1.82, 2.24) is 0 Å². The molecular formula is C24H33NO4. The van der Waals surface area contributed by atoms with Crippen LogP contribution in [0.2, 0.25) is 0 Å². The number of fused-ring (bicyclic) bond motifs is 1. The summed E-state index contributed by atoms with van der Waals surface area (Å²) in [6.07, 6.45) is 7.26. The Bertz CT molecular complexity index is 809. The lowest BCUT2D eigenvalue weighted by atomic mass is 9.96. The van der Waals surface area contributed by atoms with E-state index in [2.05, 4.69) is 6.92 Å². The Kier molecular flexibility index (Phi) is 6.93. The summed E-state index contributed by atoms with van der Waals surface area (Å²) in [5.41, 5.74) is 0.0982. The van der Waals surface area contributed by atoms with Crippen molar-refractivity contribution in [3.63, 3.8) is 0 Å². The fourth-order valence-electron chi connectivity index (χ4n) is 2.79. The van der Waals surface area contributed by atoms with Gasteiger partial charge in [0.25, 0.3) is 0 Å². The van der Waals surface area contributed by atoms with E-state index in [1.54, 1.807) is 4.90 Å². The van der Waals surface area contributed by atoms with E-state index in [1.165, 1.54) is 0 Å². The third-order valence-electron chi connectivity index (χ3n) is 4.24. The van der Waals surface area contributed by atoms with E-state index in [0.29, 0.717) is 17.0 Å². The van der Waals surface area contributed by atoms with Crippen molar-refractivity contribution in [2.24, 2.45) is 5.41 Å². The Balaban J connectivity index is 2.51. The molecule has 0 aliphatic carbocycles. The van der Waals surface area contributed by atoms with E-state index in [9.17, 15) is 9.59 Å². The molecule has 1 aromatic carbocycles. The Morgan fingerprint density at radius 3 is 2.34 bits per heavy atom. The number of esters is 1. The summed E-state index contributed by atoms with van der Waals surface area (Å²) in [5, 5.41) is 0. The second-order valence-corrected chi connectivity index (χ2v) is 9.25. The number of nitrogens with zero attached hydrogens (tertiary/aromatic N) is 1. The summed E-state index contributed by atoms with van der Waals surface area (Å²) in [7, 11) is 0. The number of hydrogen-bond acceptors (Lipinski definition) is 4. The van der Waals surface area contributed by atoms with Crippen LogP contribution in [0.4, 0.5) is 10.5 Å². The number of hydrogen-bond donors (Lipinski definition) is 0. The van der Waals surface area contributed by atoms with E-state index in [-0.39, 0.29) is 5.97 Å². The van der Waals surface area contributed by atoms with Crippen LogP contribution in [0.1, 0.15) is 66.9 Å². The third kappa shape index (κ3) is 5.96. The van der Waals surface area contributed by atoms with Gasteiger partial charge in [-0.25, -0.2) is 4.79 Å². The molecule has 1 aromatic rings. The number of rotatable bonds is 4. The number of carbonyl (C=O) groups is 2. The van der Waals surface area contributed by atoms with Crippen molar-refractivity contribution in [3.8, 4) is 0 Å². The first-order valence-electron chi connectivity index (χ1n) is 10.2. The lowest BCUT2D eigenvalue weighted by Gasteiger charge is -2.35. The van der Waals surface area contributed by atoms with Crippen LogP contribution in [0, 0.1) is 5.41 Å². The molecule has 5 heteroatoms. The fourth-order valence-corrected chi connectivity index (χ4v) is 2.79. The number of amides is 1. The van der Waals surface area contributed by atoms with Gasteiger partial charge in [-0.1, -0.05) is 37.6 Å². The monoisotopic (exact) mass is 399 g/mol. The van der Waals surface area contributed by atoms with Gasteiger partial charge in [0.05, 0.1) is 17.1 Å². The molecule has 1 heterocycles. The van der Waals surface area contributed by atoms with Crippen LogP contribution < -0.4 is 4.90 Å². The highest BCUT2D eigenvalue weighted by Crippen LogP contribution is 2.37. The van der Waals surface area contributed by atoms with Gasteiger partial charge in [0.2, 0.25) is 0 Å². The second kappa shape index (κ2) is 8.85. The second-order valence-electron chi connectivity index (χ2n) is 9.25. The number of para-hydroxylation sites is 1. The van der Waals surface area contributed by atoms with Crippen molar-refractivity contribution in [2.45, 2.75) is 73.0 Å². The molecule has 158 valence electrons. The van der Waals surface area contributed by atoms with Crippen LogP contribution in [0.3, 0.4) is 0 Å². The Morgan fingerprint density at radius 1 is 1.10 bits per heavy atom. The highest BCUT2D eigenvalue weighted by molar-refractivity contribution is 5.97. The standard InChI is InChI=1S/C24H33NO4/c1-8-9-10-13-17-16-20(28-21(26)23(2,3)4)18-14-11-12-15-19(18)25(17)22(27)29-24(5,6)7/h10-17H,8-9H2,1-7H3/b13-10+. The molecular weight excluding hydrogens is 366 g/mol. The largest absolute Gasteiger partial charge is 0.443 e. The number of unbranched alkanes of at least 4 members (excludes halogenated alkanes) is 1. The summed E-state index contributed by atoms with van der Waals surface area (Å²) in [6.45, 7) is 13.1. The molecule has 0 radical (unpaired) electrons. The summed E-state index contributed by atoms with van der Waals surface area (Å²) >= 11 is 0. The zero-order valence-corrected chi connectivity index (χ0v) is 18.6. The van der Waals surface area contributed by atoms with Gasteiger partial charge in [0, 0.05) is 5.56 Å². The molecule has 5 nitrogen and oxygen atoms in total. The number of benzene rings is 1. The summed E-state index contributed by atoms with van der Waals surface area (Å²) < 4.78 is 11.4. The molecule has 0 fully saturated rings. The van der Waals surface area contributed by atoms with Crippen molar-refractivity contribution in [1.29, 1.82) is 0 Å². The highest BCUT2D eigenvalue weighted by Gasteiger charge is 2.35. The lowest BCUT2D eigenvalue weighted by molar-refractivity contribution is -0.145. The van der Waals surface area contributed by atoms with Crippen LogP contribution in [0.15, 0.2) is 42.5 Å². The average molecular weight is 400 g/mol. The lowest BCUT2D eigenvalue weighted by Crippen LogP contribution is -2.44. The Morgan fingerprint density at radius 2 is 1.76 bits per heavy atom. The van der Waals surface area contributed by atoms with Gasteiger partial charge in [0.15, 0.2) is 0 Å². The molecule has 0 N–H and O–H groups in total. The Hall–Kier alpha value is -2.56. The van der Waals surface area contributed by atoms with Crippen LogP contribution >= 0.6 is 0 Å². The predicted octanol–water partition coefficient (Wildman–Crippen LogP) is 6.10. The minimum absolute atomic E-state index is 0.319. The molecule has 0 aromatic heterocycles. The molecule has 1 aliphatic rings. The molecule has 1 amide bonds. The van der Waals surface area contributed by atoms with E-state index in [1.807, 2.05) is 84.0 Å². The van der Waals surface area contributed by atoms with Gasteiger partial charge in [-0.2, -0.15) is 0 Å². The maximum atomic E-state index is 13.0. The number of anilines is 1. The van der Waals surface area contributed by atoms with E-state index in [0.717, 1.165) is 12.8 Å². The van der Waals surface area contributed by atoms with E-state index >= 15 is 0 Å². The van der Waals surface area contributed by atoms with Gasteiger partial charge in [-0.15, -0.1) is 0 Å². The minimum Gasteiger partial charge on any atom is -0.443 e. The molecule has 29 heavy (non-hydrogen) atoms. The van der Waals surface area contributed by atoms with Gasteiger partial charge >= 0.3 is 12.1 Å². The predicted molar refractivity (Wildman–Crippen MR) is 117 cm³/mol. The summed E-state index contributed by atoms with van der Waals surface area (Å²) in [4.78, 5) is 27.2. The van der Waals surface area contributed by atoms with Gasteiger partial charge in [0.1, 0.15) is 11.4 Å².